The molecule has 2 aromatic carbocycles. The maximum Gasteiger partial charge on any atom is 0.337 e. The highest BCUT2D eigenvalue weighted by Gasteiger charge is 2.17. The van der Waals surface area contributed by atoms with E-state index in [2.05, 4.69) is 21.2 Å². The summed E-state index contributed by atoms with van der Waals surface area (Å²) in [5.41, 5.74) is -0.0782. The predicted molar refractivity (Wildman–Crippen MR) is 82.5 cm³/mol. The van der Waals surface area contributed by atoms with Gasteiger partial charge in [-0.15, -0.1) is 0 Å². The standard InChI is InChI=1S/C15H10BrNO5/c16-11-4-2-1-3-9(11)13(18)17-12-7-8(14(19)20)5-6-10(12)15(21)22/h1-7H,(H,17,18)(H,19,20)(H,21,22). The van der Waals surface area contributed by atoms with Gasteiger partial charge in [0.15, 0.2) is 0 Å². The van der Waals surface area contributed by atoms with Crippen LogP contribution in [0.1, 0.15) is 31.1 Å². The lowest BCUT2D eigenvalue weighted by atomic mass is 10.1. The quantitative estimate of drug-likeness (QED) is 0.774. The van der Waals surface area contributed by atoms with Gasteiger partial charge in [-0.1, -0.05) is 12.1 Å². The summed E-state index contributed by atoms with van der Waals surface area (Å²) in [4.78, 5) is 34.4. The van der Waals surface area contributed by atoms with E-state index in [9.17, 15) is 14.4 Å². The van der Waals surface area contributed by atoms with Crippen molar-refractivity contribution in [2.24, 2.45) is 0 Å². The Balaban J connectivity index is 2.41. The molecular formula is C15H10BrNO5. The van der Waals surface area contributed by atoms with Gasteiger partial charge in [0.2, 0.25) is 0 Å². The number of carbonyl (C=O) groups excluding carboxylic acids is 1. The van der Waals surface area contributed by atoms with Crippen molar-refractivity contribution in [1.29, 1.82) is 0 Å². The van der Waals surface area contributed by atoms with Crippen molar-refractivity contribution >= 4 is 39.5 Å². The second kappa shape index (κ2) is 6.40. The van der Waals surface area contributed by atoms with E-state index in [-0.39, 0.29) is 16.8 Å². The van der Waals surface area contributed by atoms with Crippen LogP contribution in [0.4, 0.5) is 5.69 Å². The topological polar surface area (TPSA) is 104 Å². The van der Waals surface area contributed by atoms with Gasteiger partial charge < -0.3 is 15.5 Å². The van der Waals surface area contributed by atoms with Crippen molar-refractivity contribution in [3.63, 3.8) is 0 Å². The summed E-state index contributed by atoms with van der Waals surface area (Å²) in [6.45, 7) is 0. The van der Waals surface area contributed by atoms with E-state index in [1.54, 1.807) is 24.3 Å². The SMILES string of the molecule is O=C(O)c1ccc(C(=O)O)c(NC(=O)c2ccccc2Br)c1. The molecule has 3 N–H and O–H groups in total. The second-order valence-corrected chi connectivity index (χ2v) is 5.16. The molecule has 7 heteroatoms. The normalized spacial score (nSPS) is 10.0. The first-order valence-corrected chi connectivity index (χ1v) is 6.86. The summed E-state index contributed by atoms with van der Waals surface area (Å²) in [6, 6.07) is 10.0. The van der Waals surface area contributed by atoms with Gasteiger partial charge in [-0.2, -0.15) is 0 Å². The van der Waals surface area contributed by atoms with Crippen LogP contribution < -0.4 is 5.32 Å². The Morgan fingerprint density at radius 2 is 1.59 bits per heavy atom. The largest absolute Gasteiger partial charge is 0.478 e. The zero-order chi connectivity index (χ0) is 16.3. The average molecular weight is 364 g/mol. The molecule has 0 spiro atoms. The number of nitrogens with one attached hydrogen (secondary N) is 1. The third-order valence-corrected chi connectivity index (χ3v) is 3.56. The number of rotatable bonds is 4. The van der Waals surface area contributed by atoms with Crippen LogP contribution in [-0.4, -0.2) is 28.1 Å². The van der Waals surface area contributed by atoms with Crippen molar-refractivity contribution < 1.29 is 24.6 Å². The van der Waals surface area contributed by atoms with E-state index >= 15 is 0 Å². The molecule has 2 rings (SSSR count). The van der Waals surface area contributed by atoms with Crippen molar-refractivity contribution in [2.75, 3.05) is 5.32 Å². The van der Waals surface area contributed by atoms with Crippen molar-refractivity contribution in [3.8, 4) is 0 Å². The third-order valence-electron chi connectivity index (χ3n) is 2.86. The van der Waals surface area contributed by atoms with Gasteiger partial charge >= 0.3 is 11.9 Å². The highest BCUT2D eigenvalue weighted by Crippen LogP contribution is 2.22. The number of halogens is 1. The molecule has 0 bridgehead atoms. The zero-order valence-corrected chi connectivity index (χ0v) is 12.6. The van der Waals surface area contributed by atoms with Gasteiger partial charge in [0.25, 0.3) is 5.91 Å². The fourth-order valence-corrected chi connectivity index (χ4v) is 2.27. The molecule has 0 unspecified atom stereocenters. The molecule has 0 saturated heterocycles. The monoisotopic (exact) mass is 363 g/mol. The first-order valence-electron chi connectivity index (χ1n) is 6.06. The van der Waals surface area contributed by atoms with E-state index in [1.807, 2.05) is 0 Å². The minimum atomic E-state index is -1.26. The Morgan fingerprint density at radius 3 is 2.18 bits per heavy atom. The van der Waals surface area contributed by atoms with Crippen molar-refractivity contribution in [1.82, 2.24) is 0 Å². The summed E-state index contributed by atoms with van der Waals surface area (Å²) >= 11 is 3.22. The Kier molecular flexibility index (Phi) is 4.57. The summed E-state index contributed by atoms with van der Waals surface area (Å²) in [7, 11) is 0. The predicted octanol–water partition coefficient (Wildman–Crippen LogP) is 3.10. The Labute approximate surface area is 133 Å². The number of aromatic carboxylic acids is 2. The van der Waals surface area contributed by atoms with E-state index in [4.69, 9.17) is 10.2 Å². The molecule has 1 amide bonds. The summed E-state index contributed by atoms with van der Waals surface area (Å²) in [5.74, 6) is -3.02. The lowest BCUT2D eigenvalue weighted by Crippen LogP contribution is -2.16. The molecule has 0 heterocycles. The zero-order valence-electron chi connectivity index (χ0n) is 11.0. The van der Waals surface area contributed by atoms with Gasteiger partial charge in [0.1, 0.15) is 0 Å². The van der Waals surface area contributed by atoms with Crippen molar-refractivity contribution in [3.05, 3.63) is 63.6 Å². The molecule has 0 aromatic heterocycles. The Hall–Kier alpha value is -2.67. The molecule has 0 fully saturated rings. The lowest BCUT2D eigenvalue weighted by Gasteiger charge is -2.10. The maximum atomic E-state index is 12.2. The molecular weight excluding hydrogens is 354 g/mol. The second-order valence-electron chi connectivity index (χ2n) is 4.30. The maximum absolute atomic E-state index is 12.2. The number of benzene rings is 2. The molecule has 0 atom stereocenters. The van der Waals surface area contributed by atoms with Crippen LogP contribution in [-0.2, 0) is 0 Å². The van der Waals surface area contributed by atoms with Crippen LogP contribution in [0.15, 0.2) is 46.9 Å². The van der Waals surface area contributed by atoms with Crippen LogP contribution in [0.5, 0.6) is 0 Å². The van der Waals surface area contributed by atoms with Gasteiger partial charge in [0, 0.05) is 4.47 Å². The number of hydrogen-bond donors (Lipinski definition) is 3. The molecule has 2 aromatic rings. The van der Waals surface area contributed by atoms with Gasteiger partial charge in [-0.05, 0) is 46.3 Å². The van der Waals surface area contributed by atoms with Crippen molar-refractivity contribution in [2.45, 2.75) is 0 Å². The van der Waals surface area contributed by atoms with Crippen LogP contribution >= 0.6 is 15.9 Å². The number of carboxylic acids is 2. The van der Waals surface area contributed by atoms with Gasteiger partial charge in [0.05, 0.1) is 22.4 Å². The number of amides is 1. The highest BCUT2D eigenvalue weighted by atomic mass is 79.9. The van der Waals surface area contributed by atoms with E-state index in [1.165, 1.54) is 6.07 Å². The van der Waals surface area contributed by atoms with Gasteiger partial charge in [-0.3, -0.25) is 4.79 Å². The first-order chi connectivity index (χ1) is 10.4. The van der Waals surface area contributed by atoms with E-state index in [0.717, 1.165) is 12.1 Å². The smallest absolute Gasteiger partial charge is 0.337 e. The van der Waals surface area contributed by atoms with Gasteiger partial charge in [-0.25, -0.2) is 9.59 Å². The molecule has 0 aliphatic carbocycles. The number of anilines is 1. The fraction of sp³-hybridized carbons (Fsp3) is 0. The molecule has 0 aliphatic rings. The molecule has 0 radical (unpaired) electrons. The van der Waals surface area contributed by atoms with Crippen LogP contribution in [0.2, 0.25) is 0 Å². The molecule has 0 aliphatic heterocycles. The fourth-order valence-electron chi connectivity index (χ4n) is 1.80. The van der Waals surface area contributed by atoms with Crippen LogP contribution in [0.3, 0.4) is 0 Å². The Morgan fingerprint density at radius 1 is 0.909 bits per heavy atom. The number of hydrogen-bond acceptors (Lipinski definition) is 3. The van der Waals surface area contributed by atoms with Crippen LogP contribution in [0, 0.1) is 0 Å². The average Bonchev–Trinajstić information content (AvgIpc) is 2.47. The minimum absolute atomic E-state index is 0.0758. The summed E-state index contributed by atoms with van der Waals surface area (Å²) < 4.78 is 0.541. The number of carboxylic acid groups (broad SMARTS) is 2. The lowest BCUT2D eigenvalue weighted by molar-refractivity contribution is 0.0682. The Bertz CT molecular complexity index is 772. The number of carbonyl (C=O) groups is 3. The molecule has 6 nitrogen and oxygen atoms in total. The van der Waals surface area contributed by atoms with E-state index in [0.29, 0.717) is 10.0 Å². The highest BCUT2D eigenvalue weighted by molar-refractivity contribution is 9.10. The summed E-state index contributed by atoms with van der Waals surface area (Å²) in [5, 5.41) is 20.5. The first kappa shape index (κ1) is 15.7. The molecule has 112 valence electrons. The van der Waals surface area contributed by atoms with E-state index < -0.39 is 17.8 Å². The minimum Gasteiger partial charge on any atom is -0.478 e. The van der Waals surface area contributed by atoms with Crippen LogP contribution in [0.25, 0.3) is 0 Å². The molecule has 0 saturated carbocycles. The third kappa shape index (κ3) is 3.32. The molecule has 22 heavy (non-hydrogen) atoms. The summed E-state index contributed by atoms with van der Waals surface area (Å²) in [6.07, 6.45) is 0.